The molecule has 0 aromatic heterocycles. The van der Waals surface area contributed by atoms with Crippen LogP contribution in [0.1, 0.15) is 0 Å². The average Bonchev–Trinajstić information content (AvgIpc) is 1.98. The van der Waals surface area contributed by atoms with Gasteiger partial charge >= 0.3 is 19.3 Å². The van der Waals surface area contributed by atoms with Gasteiger partial charge in [-0.25, -0.2) is 9.59 Å². The Morgan fingerprint density at radius 3 is 1.92 bits per heavy atom. The molecule has 4 N–H and O–H groups in total. The summed E-state index contributed by atoms with van der Waals surface area (Å²) < 4.78 is 0. The summed E-state index contributed by atoms with van der Waals surface area (Å²) in [6.45, 7) is 0. The van der Waals surface area contributed by atoms with Gasteiger partial charge in [-0.2, -0.15) is 4.89 Å². The lowest BCUT2D eigenvalue weighted by Gasteiger charge is -1.93. The maximum atomic E-state index is 9.93. The summed E-state index contributed by atoms with van der Waals surface area (Å²) in [6.07, 6.45) is 0. The van der Waals surface area contributed by atoms with Crippen molar-refractivity contribution in [1.82, 2.24) is 0 Å². The van der Waals surface area contributed by atoms with Crippen LogP contribution in [-0.4, -0.2) is 45.0 Å². The van der Waals surface area contributed by atoms with Crippen LogP contribution in [0.4, 0.5) is 0 Å². The highest BCUT2D eigenvalue weighted by Crippen LogP contribution is 1.85. The van der Waals surface area contributed by atoms with Crippen molar-refractivity contribution in [3.63, 3.8) is 0 Å². The fraction of sp³-hybridized carbons (Fsp3) is 0.333. The van der Waals surface area contributed by atoms with Crippen molar-refractivity contribution in [3.05, 3.63) is 0 Å². The smallest absolute Gasteiger partial charge is 0.473 e. The van der Waals surface area contributed by atoms with E-state index in [1.165, 1.54) is 0 Å². The molecule has 0 spiro atoms. The minimum atomic E-state index is -2.17. The fourth-order valence-corrected chi connectivity index (χ4v) is 0.205. The van der Waals surface area contributed by atoms with E-state index in [9.17, 15) is 9.59 Å². The number of carbonyl (C=O) groups excluding carboxylic acids is 1. The molecule has 0 aliphatic rings. The minimum Gasteiger partial charge on any atom is -0.473 e. The third kappa shape index (κ3) is 18.4. The molecule has 0 saturated carbocycles. The van der Waals surface area contributed by atoms with Crippen LogP contribution < -0.4 is 0 Å². The zero-order valence-corrected chi connectivity index (χ0v) is 7.67. The maximum Gasteiger partial charge on any atom is 0.631 e. The first-order valence-electron chi connectivity index (χ1n) is 2.58. The van der Waals surface area contributed by atoms with Crippen LogP contribution >= 0.6 is 15.9 Å². The minimum absolute atomic E-state index is 0.0496. The summed E-state index contributed by atoms with van der Waals surface area (Å²) >= 11 is 2.73. The highest BCUT2D eigenvalue weighted by molar-refractivity contribution is 9.09. The van der Waals surface area contributed by atoms with E-state index in [-0.39, 0.29) is 5.52 Å². The van der Waals surface area contributed by atoms with Crippen LogP contribution in [0.25, 0.3) is 0 Å². The SMILES string of the molecule is O=C(O)C(=O)OOCBr.OB(O)O. The van der Waals surface area contributed by atoms with E-state index in [2.05, 4.69) is 25.7 Å². The van der Waals surface area contributed by atoms with Crippen LogP contribution in [0.5, 0.6) is 0 Å². The van der Waals surface area contributed by atoms with Crippen molar-refractivity contribution < 1.29 is 39.5 Å². The Labute approximate surface area is 80.9 Å². The zero-order chi connectivity index (χ0) is 10.9. The summed E-state index contributed by atoms with van der Waals surface area (Å²) in [5.41, 5.74) is -0.0496. The van der Waals surface area contributed by atoms with E-state index < -0.39 is 19.3 Å². The summed E-state index contributed by atoms with van der Waals surface area (Å²) in [5, 5.41) is 29.3. The Morgan fingerprint density at radius 2 is 1.69 bits per heavy atom. The molecule has 13 heavy (non-hydrogen) atoms. The molecule has 0 saturated heterocycles. The lowest BCUT2D eigenvalue weighted by Crippen LogP contribution is -2.15. The van der Waals surface area contributed by atoms with Crippen LogP contribution in [-0.2, 0) is 19.4 Å². The van der Waals surface area contributed by atoms with E-state index in [1.54, 1.807) is 0 Å². The van der Waals surface area contributed by atoms with E-state index in [1.807, 2.05) is 0 Å². The highest BCUT2D eigenvalue weighted by Gasteiger charge is 2.13. The van der Waals surface area contributed by atoms with E-state index >= 15 is 0 Å². The molecule has 0 aromatic carbocycles. The van der Waals surface area contributed by atoms with E-state index in [0.717, 1.165) is 0 Å². The van der Waals surface area contributed by atoms with Gasteiger partial charge in [0.2, 0.25) is 0 Å². The lowest BCUT2D eigenvalue weighted by molar-refractivity contribution is -0.258. The lowest BCUT2D eigenvalue weighted by atomic mass is 10.3. The molecule has 76 valence electrons. The van der Waals surface area contributed by atoms with Crippen LogP contribution in [0.2, 0.25) is 0 Å². The van der Waals surface area contributed by atoms with Gasteiger partial charge < -0.3 is 20.2 Å². The van der Waals surface area contributed by atoms with Crippen LogP contribution in [0, 0.1) is 0 Å². The van der Waals surface area contributed by atoms with Gasteiger partial charge in [-0.3, -0.25) is 4.89 Å². The van der Waals surface area contributed by atoms with E-state index in [0.29, 0.717) is 0 Å². The van der Waals surface area contributed by atoms with Gasteiger partial charge in [0.05, 0.1) is 0 Å². The number of halogens is 1. The standard InChI is InChI=1S/C3H3BrO5.BH3O3/c4-1-8-9-3(7)2(5)6;2-1(3)4/h1H2,(H,5,6);2-4H. The van der Waals surface area contributed by atoms with Gasteiger partial charge in [0.1, 0.15) is 5.52 Å². The van der Waals surface area contributed by atoms with Gasteiger partial charge in [-0.15, -0.1) is 0 Å². The first-order chi connectivity index (χ1) is 5.91. The second-order valence-electron chi connectivity index (χ2n) is 1.25. The van der Waals surface area contributed by atoms with Crippen molar-refractivity contribution in [2.75, 3.05) is 5.52 Å². The molecular formula is C3H6BBrO8. The summed E-state index contributed by atoms with van der Waals surface area (Å²) in [6, 6.07) is 0. The summed E-state index contributed by atoms with van der Waals surface area (Å²) in [4.78, 5) is 27.2. The second-order valence-corrected chi connectivity index (χ2v) is 1.71. The molecule has 0 aliphatic heterocycles. The summed E-state index contributed by atoms with van der Waals surface area (Å²) in [5.74, 6) is -3.12. The fourth-order valence-electron chi connectivity index (χ4n) is 0.111. The number of carboxylic acids is 1. The molecule has 8 nitrogen and oxygen atoms in total. The van der Waals surface area contributed by atoms with Gasteiger partial charge in [0.25, 0.3) is 0 Å². The molecule has 0 bridgehead atoms. The molecule has 0 radical (unpaired) electrons. The number of aliphatic carboxylic acids is 1. The predicted octanol–water partition coefficient (Wildman–Crippen LogP) is -2.15. The molecule has 0 amide bonds. The average molecular weight is 261 g/mol. The number of hydrogen-bond acceptors (Lipinski definition) is 7. The molecular weight excluding hydrogens is 255 g/mol. The van der Waals surface area contributed by atoms with Crippen molar-refractivity contribution >= 4 is 35.2 Å². The first kappa shape index (κ1) is 14.8. The topological polar surface area (TPSA) is 134 Å². The molecule has 0 unspecified atom stereocenters. The number of rotatable bonds is 2. The van der Waals surface area contributed by atoms with E-state index in [4.69, 9.17) is 20.2 Å². The monoisotopic (exact) mass is 260 g/mol. The molecule has 0 rings (SSSR count). The van der Waals surface area contributed by atoms with Gasteiger partial charge in [-0.05, 0) is 0 Å². The molecule has 0 atom stereocenters. The van der Waals surface area contributed by atoms with Crippen molar-refractivity contribution in [1.29, 1.82) is 0 Å². The van der Waals surface area contributed by atoms with Crippen molar-refractivity contribution in [2.24, 2.45) is 0 Å². The zero-order valence-electron chi connectivity index (χ0n) is 6.08. The largest absolute Gasteiger partial charge is 0.631 e. The van der Waals surface area contributed by atoms with Crippen LogP contribution in [0.3, 0.4) is 0 Å². The third-order valence-corrected chi connectivity index (χ3v) is 0.541. The molecule has 10 heteroatoms. The number of carbonyl (C=O) groups is 2. The summed E-state index contributed by atoms with van der Waals surface area (Å²) in [7, 11) is -2.17. The van der Waals surface area contributed by atoms with Crippen LogP contribution in [0.15, 0.2) is 0 Å². The predicted molar refractivity (Wildman–Crippen MR) is 41.0 cm³/mol. The third-order valence-electron chi connectivity index (χ3n) is 0.354. The molecule has 0 aliphatic carbocycles. The number of hydrogen-bond donors (Lipinski definition) is 4. The molecule has 0 aromatic rings. The highest BCUT2D eigenvalue weighted by atomic mass is 79.9. The number of carboxylic acid groups (broad SMARTS) is 1. The Morgan fingerprint density at radius 1 is 1.31 bits per heavy atom. The Bertz CT molecular complexity index is 157. The Kier molecular flexibility index (Phi) is 10.7. The Hall–Kier alpha value is -0.675. The van der Waals surface area contributed by atoms with Gasteiger partial charge in [-0.1, -0.05) is 15.9 Å². The van der Waals surface area contributed by atoms with Gasteiger partial charge in [0, 0.05) is 0 Å². The van der Waals surface area contributed by atoms with Crippen molar-refractivity contribution in [3.8, 4) is 0 Å². The normalized spacial score (nSPS) is 8.00. The quantitative estimate of drug-likeness (QED) is 0.145. The maximum absolute atomic E-state index is 9.93. The second kappa shape index (κ2) is 9.41. The Balaban J connectivity index is 0. The molecule has 0 fully saturated rings. The molecule has 0 heterocycles. The number of alkyl halides is 1. The first-order valence-corrected chi connectivity index (χ1v) is 3.70. The van der Waals surface area contributed by atoms with Crippen molar-refractivity contribution in [2.45, 2.75) is 0 Å². The van der Waals surface area contributed by atoms with Gasteiger partial charge in [0.15, 0.2) is 0 Å².